The lowest BCUT2D eigenvalue weighted by Gasteiger charge is -2.40. The van der Waals surface area contributed by atoms with E-state index in [1.54, 1.807) is 12.7 Å². The van der Waals surface area contributed by atoms with Gasteiger partial charge in [-0.2, -0.15) is 0 Å². The summed E-state index contributed by atoms with van der Waals surface area (Å²) in [6, 6.07) is 0. The van der Waals surface area contributed by atoms with Crippen molar-refractivity contribution in [1.29, 1.82) is 0 Å². The van der Waals surface area contributed by atoms with Crippen LogP contribution < -0.4 is 0 Å². The molecule has 0 spiro atoms. The molecule has 27 heavy (non-hydrogen) atoms. The standard InChI is InChI=1S/C24H36O3/c1-16-5-4-6-18(13-16)22-10-7-19(14-17(22)2)23-11-9-21(27-3)15-20(23)8-12-24(25)26/h4-5,9,11,13-14,18-26H,6-8,10,12,15H2,1-3H3. The second-order valence-electron chi connectivity index (χ2n) is 8.76. The maximum absolute atomic E-state index is 9.33. The molecule has 0 aliphatic heterocycles. The van der Waals surface area contributed by atoms with E-state index in [9.17, 15) is 10.2 Å². The maximum atomic E-state index is 9.33. The van der Waals surface area contributed by atoms with Crippen LogP contribution in [0.4, 0.5) is 0 Å². The van der Waals surface area contributed by atoms with E-state index in [1.807, 2.05) is 0 Å². The molecule has 0 radical (unpaired) electrons. The first kappa shape index (κ1) is 20.6. The Kier molecular flexibility index (Phi) is 7.13. The van der Waals surface area contributed by atoms with Gasteiger partial charge in [-0.05, 0) is 82.0 Å². The molecule has 0 bridgehead atoms. The predicted octanol–water partition coefficient (Wildman–Crippen LogP) is 4.78. The van der Waals surface area contributed by atoms with Gasteiger partial charge in [0.05, 0.1) is 6.10 Å². The van der Waals surface area contributed by atoms with E-state index < -0.39 is 6.29 Å². The summed E-state index contributed by atoms with van der Waals surface area (Å²) in [5.74, 6) is 2.80. The first-order valence-corrected chi connectivity index (χ1v) is 10.6. The van der Waals surface area contributed by atoms with Crippen LogP contribution in [0.25, 0.3) is 0 Å². The molecule has 3 rings (SSSR count). The van der Waals surface area contributed by atoms with Gasteiger partial charge in [0.15, 0.2) is 6.29 Å². The molecular weight excluding hydrogens is 336 g/mol. The van der Waals surface area contributed by atoms with Crippen molar-refractivity contribution in [1.82, 2.24) is 0 Å². The third kappa shape index (κ3) is 5.22. The van der Waals surface area contributed by atoms with Gasteiger partial charge in [0.2, 0.25) is 0 Å². The summed E-state index contributed by atoms with van der Waals surface area (Å²) in [5, 5.41) is 18.7. The summed E-state index contributed by atoms with van der Waals surface area (Å²) >= 11 is 0. The summed E-state index contributed by atoms with van der Waals surface area (Å²) < 4.78 is 5.55. The van der Waals surface area contributed by atoms with E-state index in [2.05, 4.69) is 50.3 Å². The zero-order valence-corrected chi connectivity index (χ0v) is 17.1. The Hall–Kier alpha value is -1.16. The minimum Gasteiger partial charge on any atom is -0.377 e. The molecule has 0 saturated heterocycles. The minimum atomic E-state index is -1.21. The van der Waals surface area contributed by atoms with Crippen LogP contribution >= 0.6 is 0 Å². The number of hydrogen-bond acceptors (Lipinski definition) is 3. The van der Waals surface area contributed by atoms with Gasteiger partial charge < -0.3 is 14.9 Å². The Morgan fingerprint density at radius 2 is 1.93 bits per heavy atom. The second-order valence-corrected chi connectivity index (χ2v) is 8.76. The highest BCUT2D eigenvalue weighted by atomic mass is 16.5. The Balaban J connectivity index is 1.71. The normalized spacial score (nSPS) is 36.7. The molecule has 0 aromatic rings. The molecule has 6 unspecified atom stereocenters. The topological polar surface area (TPSA) is 49.7 Å². The smallest absolute Gasteiger partial charge is 0.151 e. The fourth-order valence-corrected chi connectivity index (χ4v) is 5.44. The minimum absolute atomic E-state index is 0.158. The molecule has 2 N–H and O–H groups in total. The summed E-state index contributed by atoms with van der Waals surface area (Å²) in [6.07, 6.45) is 18.9. The van der Waals surface area contributed by atoms with Crippen molar-refractivity contribution >= 4 is 0 Å². The van der Waals surface area contributed by atoms with Gasteiger partial charge in [-0.1, -0.05) is 47.6 Å². The van der Waals surface area contributed by atoms with Crippen LogP contribution in [0.5, 0.6) is 0 Å². The number of ether oxygens (including phenoxy) is 1. The van der Waals surface area contributed by atoms with Crippen molar-refractivity contribution in [2.75, 3.05) is 7.11 Å². The van der Waals surface area contributed by atoms with Crippen LogP contribution in [0.15, 0.2) is 47.6 Å². The zero-order valence-electron chi connectivity index (χ0n) is 17.1. The zero-order chi connectivity index (χ0) is 19.4. The fourth-order valence-electron chi connectivity index (χ4n) is 5.44. The average molecular weight is 373 g/mol. The van der Waals surface area contributed by atoms with Gasteiger partial charge in [-0.25, -0.2) is 0 Å². The largest absolute Gasteiger partial charge is 0.377 e. The highest BCUT2D eigenvalue weighted by Gasteiger charge is 2.35. The summed E-state index contributed by atoms with van der Waals surface area (Å²) in [7, 11) is 1.76. The fraction of sp³-hybridized carbons (Fsp3) is 0.667. The van der Waals surface area contributed by atoms with E-state index in [-0.39, 0.29) is 6.10 Å². The average Bonchev–Trinajstić information content (AvgIpc) is 2.66. The number of aliphatic hydroxyl groups is 2. The van der Waals surface area contributed by atoms with Crippen molar-refractivity contribution in [3.05, 3.63) is 47.6 Å². The Morgan fingerprint density at radius 3 is 2.59 bits per heavy atom. The molecule has 0 fully saturated rings. The van der Waals surface area contributed by atoms with Crippen molar-refractivity contribution in [2.24, 2.45) is 29.6 Å². The van der Waals surface area contributed by atoms with Gasteiger partial charge in [0, 0.05) is 7.11 Å². The molecular formula is C24H36O3. The van der Waals surface area contributed by atoms with E-state index in [0.29, 0.717) is 36.0 Å². The highest BCUT2D eigenvalue weighted by Crippen LogP contribution is 2.44. The molecule has 0 saturated carbocycles. The van der Waals surface area contributed by atoms with Crippen LogP contribution in [-0.2, 0) is 4.74 Å². The number of allylic oxidation sites excluding steroid dienone is 7. The molecule has 6 atom stereocenters. The number of aliphatic hydroxyl groups excluding tert-OH is 1. The van der Waals surface area contributed by atoms with Crippen LogP contribution in [0, 0.1) is 29.6 Å². The van der Waals surface area contributed by atoms with E-state index >= 15 is 0 Å². The van der Waals surface area contributed by atoms with Crippen LogP contribution in [-0.4, -0.2) is 29.7 Å². The van der Waals surface area contributed by atoms with Gasteiger partial charge in [-0.15, -0.1) is 0 Å². The van der Waals surface area contributed by atoms with Gasteiger partial charge in [-0.3, -0.25) is 0 Å². The SMILES string of the molecule is COC1C=CC(C2C=C(C)C(C3C=C(C)C=CC3)CC2)C(CCC(O)O)C1. The quantitative estimate of drug-likeness (QED) is 0.521. The number of methoxy groups -OCH3 is 1. The molecule has 3 heteroatoms. The van der Waals surface area contributed by atoms with Crippen molar-refractivity contribution < 1.29 is 14.9 Å². The van der Waals surface area contributed by atoms with E-state index in [4.69, 9.17) is 4.74 Å². The van der Waals surface area contributed by atoms with Crippen LogP contribution in [0.3, 0.4) is 0 Å². The second kappa shape index (κ2) is 9.36. The molecule has 0 heterocycles. The molecule has 3 nitrogen and oxygen atoms in total. The number of rotatable bonds is 6. The lowest BCUT2D eigenvalue weighted by molar-refractivity contribution is -0.0521. The number of hydrogen-bond donors (Lipinski definition) is 2. The van der Waals surface area contributed by atoms with Crippen LogP contribution in [0.2, 0.25) is 0 Å². The van der Waals surface area contributed by atoms with Crippen molar-refractivity contribution in [2.45, 2.75) is 64.8 Å². The predicted molar refractivity (Wildman–Crippen MR) is 110 cm³/mol. The third-order valence-electron chi connectivity index (χ3n) is 6.88. The van der Waals surface area contributed by atoms with Crippen molar-refractivity contribution in [3.8, 4) is 0 Å². The van der Waals surface area contributed by atoms with Gasteiger partial charge in [0.1, 0.15) is 0 Å². The summed E-state index contributed by atoms with van der Waals surface area (Å²) in [6.45, 7) is 4.52. The summed E-state index contributed by atoms with van der Waals surface area (Å²) in [5.41, 5.74) is 2.93. The third-order valence-corrected chi connectivity index (χ3v) is 6.88. The first-order valence-electron chi connectivity index (χ1n) is 10.6. The van der Waals surface area contributed by atoms with Gasteiger partial charge >= 0.3 is 0 Å². The van der Waals surface area contributed by atoms with E-state index in [1.165, 1.54) is 18.4 Å². The Bertz CT molecular complexity index is 613. The van der Waals surface area contributed by atoms with Gasteiger partial charge in [0.25, 0.3) is 0 Å². The molecule has 150 valence electrons. The Morgan fingerprint density at radius 1 is 1.11 bits per heavy atom. The van der Waals surface area contributed by atoms with E-state index in [0.717, 1.165) is 19.3 Å². The molecule has 0 aromatic carbocycles. The molecule has 3 aliphatic carbocycles. The van der Waals surface area contributed by atoms with Crippen molar-refractivity contribution in [3.63, 3.8) is 0 Å². The molecule has 0 amide bonds. The molecule has 0 aromatic heterocycles. The highest BCUT2D eigenvalue weighted by molar-refractivity contribution is 5.25. The first-order chi connectivity index (χ1) is 13.0. The lowest BCUT2D eigenvalue weighted by atomic mass is 9.66. The monoisotopic (exact) mass is 372 g/mol. The maximum Gasteiger partial charge on any atom is 0.151 e. The van der Waals surface area contributed by atoms with Crippen LogP contribution in [0.1, 0.15) is 52.4 Å². The summed E-state index contributed by atoms with van der Waals surface area (Å²) in [4.78, 5) is 0. The Labute approximate surface area is 164 Å². The lowest BCUT2D eigenvalue weighted by Crippen LogP contribution is -2.32. The molecule has 3 aliphatic rings.